The second kappa shape index (κ2) is 7.84. The standard InChI is InChI=1S/C23H20N4O2S/c28-22-23(29)27(19-13-18(14-19)16-7-3-1-4-8-16)12-11-26(22)15-20-24-25-21(30-20)17-9-5-2-6-10-17/h1-12,18-19H,13-15H2. The minimum Gasteiger partial charge on any atom is -0.306 e. The number of hydrogen-bond acceptors (Lipinski definition) is 5. The van der Waals surface area contributed by atoms with E-state index in [9.17, 15) is 9.59 Å². The van der Waals surface area contributed by atoms with E-state index < -0.39 is 11.1 Å². The summed E-state index contributed by atoms with van der Waals surface area (Å²) in [5.74, 6) is 0.448. The molecule has 6 nitrogen and oxygen atoms in total. The Hall–Kier alpha value is -3.32. The van der Waals surface area contributed by atoms with Crippen molar-refractivity contribution in [2.75, 3.05) is 0 Å². The van der Waals surface area contributed by atoms with Gasteiger partial charge >= 0.3 is 11.1 Å². The summed E-state index contributed by atoms with van der Waals surface area (Å²) < 4.78 is 3.01. The number of nitrogens with zero attached hydrogens (tertiary/aromatic N) is 4. The first-order valence-electron chi connectivity index (χ1n) is 9.93. The molecule has 1 fully saturated rings. The highest BCUT2D eigenvalue weighted by atomic mass is 32.1. The van der Waals surface area contributed by atoms with Crippen molar-refractivity contribution in [2.45, 2.75) is 31.3 Å². The maximum atomic E-state index is 12.7. The van der Waals surface area contributed by atoms with Gasteiger partial charge in [-0.25, -0.2) is 0 Å². The van der Waals surface area contributed by atoms with Crippen molar-refractivity contribution in [2.24, 2.45) is 0 Å². The van der Waals surface area contributed by atoms with Crippen molar-refractivity contribution in [1.29, 1.82) is 0 Å². The predicted molar refractivity (Wildman–Crippen MR) is 117 cm³/mol. The molecule has 0 amide bonds. The predicted octanol–water partition coefficient (Wildman–Crippen LogP) is 3.70. The van der Waals surface area contributed by atoms with Crippen LogP contribution in [0.1, 0.15) is 35.4 Å². The first kappa shape index (κ1) is 18.7. The zero-order chi connectivity index (χ0) is 20.5. The molecule has 0 atom stereocenters. The van der Waals surface area contributed by atoms with E-state index in [1.54, 1.807) is 17.0 Å². The van der Waals surface area contributed by atoms with E-state index in [0.717, 1.165) is 23.4 Å². The van der Waals surface area contributed by atoms with Gasteiger partial charge < -0.3 is 9.13 Å². The van der Waals surface area contributed by atoms with Crippen LogP contribution in [0, 0.1) is 0 Å². The fourth-order valence-electron chi connectivity index (χ4n) is 3.91. The van der Waals surface area contributed by atoms with Crippen molar-refractivity contribution in [3.05, 3.63) is 104 Å². The Balaban J connectivity index is 1.32. The molecule has 0 spiro atoms. The van der Waals surface area contributed by atoms with Crippen molar-refractivity contribution in [1.82, 2.24) is 19.3 Å². The summed E-state index contributed by atoms with van der Waals surface area (Å²) in [6.45, 7) is 0.247. The van der Waals surface area contributed by atoms with Crippen molar-refractivity contribution >= 4 is 11.3 Å². The lowest BCUT2D eigenvalue weighted by Crippen LogP contribution is -2.44. The van der Waals surface area contributed by atoms with Gasteiger partial charge in [-0.2, -0.15) is 0 Å². The van der Waals surface area contributed by atoms with Gasteiger partial charge in [0.1, 0.15) is 10.0 Å². The fourth-order valence-corrected chi connectivity index (χ4v) is 4.75. The lowest BCUT2D eigenvalue weighted by atomic mass is 9.76. The van der Waals surface area contributed by atoms with Gasteiger partial charge in [0.15, 0.2) is 0 Å². The average Bonchev–Trinajstić information content (AvgIpc) is 3.22. The van der Waals surface area contributed by atoms with Crippen LogP contribution in [0.4, 0.5) is 0 Å². The summed E-state index contributed by atoms with van der Waals surface area (Å²) in [6, 6.07) is 20.2. The molecule has 2 aromatic carbocycles. The molecule has 0 saturated heterocycles. The van der Waals surface area contributed by atoms with Crippen LogP contribution in [0.25, 0.3) is 10.6 Å². The van der Waals surface area contributed by atoms with E-state index in [1.165, 1.54) is 21.5 Å². The van der Waals surface area contributed by atoms with Crippen LogP contribution in [0.2, 0.25) is 0 Å². The largest absolute Gasteiger partial charge is 0.316 e. The Morgan fingerprint density at radius 1 is 0.867 bits per heavy atom. The molecular formula is C23H20N4O2S. The molecule has 1 aliphatic carbocycles. The van der Waals surface area contributed by atoms with Gasteiger partial charge in [0.2, 0.25) is 0 Å². The molecule has 0 unspecified atom stereocenters. The molecule has 0 N–H and O–H groups in total. The number of benzene rings is 2. The summed E-state index contributed by atoms with van der Waals surface area (Å²) in [7, 11) is 0. The molecule has 0 radical (unpaired) electrons. The molecule has 0 aliphatic heterocycles. The Kier molecular flexibility index (Phi) is 4.88. The Morgan fingerprint density at radius 2 is 1.57 bits per heavy atom. The Morgan fingerprint density at radius 3 is 2.30 bits per heavy atom. The van der Waals surface area contributed by atoms with Gasteiger partial charge in [0.05, 0.1) is 6.54 Å². The third-order valence-corrected chi connectivity index (χ3v) is 6.61. The molecule has 150 valence electrons. The highest BCUT2D eigenvalue weighted by Crippen LogP contribution is 2.43. The quantitative estimate of drug-likeness (QED) is 0.465. The summed E-state index contributed by atoms with van der Waals surface area (Å²) in [6.07, 6.45) is 5.17. The molecule has 2 heterocycles. The van der Waals surface area contributed by atoms with E-state index in [2.05, 4.69) is 22.3 Å². The fraction of sp³-hybridized carbons (Fsp3) is 0.217. The maximum Gasteiger partial charge on any atom is 0.316 e. The summed E-state index contributed by atoms with van der Waals surface area (Å²) in [5.41, 5.74) is 1.29. The lowest BCUT2D eigenvalue weighted by Gasteiger charge is -2.36. The highest BCUT2D eigenvalue weighted by Gasteiger charge is 2.32. The first-order chi connectivity index (χ1) is 14.7. The molecular weight excluding hydrogens is 396 g/mol. The first-order valence-corrected chi connectivity index (χ1v) is 10.7. The lowest BCUT2D eigenvalue weighted by molar-refractivity contribution is 0.256. The molecule has 1 saturated carbocycles. The summed E-state index contributed by atoms with van der Waals surface area (Å²) in [4.78, 5) is 25.3. The van der Waals surface area contributed by atoms with Crippen molar-refractivity contribution < 1.29 is 0 Å². The van der Waals surface area contributed by atoms with Gasteiger partial charge in [-0.05, 0) is 24.3 Å². The van der Waals surface area contributed by atoms with Crippen LogP contribution in [0.5, 0.6) is 0 Å². The van der Waals surface area contributed by atoms with Crippen LogP contribution >= 0.6 is 11.3 Å². The van der Waals surface area contributed by atoms with Crippen LogP contribution in [0.3, 0.4) is 0 Å². The SMILES string of the molecule is O=c1c(=O)n(C2CC(c3ccccc3)C2)ccn1Cc1nnc(-c2ccccc2)s1. The molecule has 7 heteroatoms. The van der Waals surface area contributed by atoms with E-state index in [-0.39, 0.29) is 12.6 Å². The third-order valence-electron chi connectivity index (χ3n) is 5.66. The zero-order valence-electron chi connectivity index (χ0n) is 16.2. The zero-order valence-corrected chi connectivity index (χ0v) is 17.0. The van der Waals surface area contributed by atoms with Crippen LogP contribution in [-0.2, 0) is 6.54 Å². The van der Waals surface area contributed by atoms with E-state index >= 15 is 0 Å². The van der Waals surface area contributed by atoms with Crippen molar-refractivity contribution in [3.8, 4) is 10.6 Å². The summed E-state index contributed by atoms with van der Waals surface area (Å²) in [5, 5.41) is 9.89. The highest BCUT2D eigenvalue weighted by molar-refractivity contribution is 7.14. The third kappa shape index (κ3) is 3.52. The minimum absolute atomic E-state index is 0.0799. The maximum absolute atomic E-state index is 12.7. The second-order valence-corrected chi connectivity index (χ2v) is 8.61. The summed E-state index contributed by atoms with van der Waals surface area (Å²) >= 11 is 1.43. The molecule has 4 aromatic rings. The van der Waals surface area contributed by atoms with Crippen molar-refractivity contribution in [3.63, 3.8) is 0 Å². The van der Waals surface area contributed by atoms with Crippen LogP contribution < -0.4 is 11.1 Å². The molecule has 2 aromatic heterocycles. The normalized spacial score (nSPS) is 18.1. The van der Waals surface area contributed by atoms with Gasteiger partial charge in [0, 0.05) is 24.0 Å². The van der Waals surface area contributed by atoms with E-state index in [0.29, 0.717) is 10.9 Å². The van der Waals surface area contributed by atoms with Gasteiger partial charge in [-0.1, -0.05) is 72.0 Å². The average molecular weight is 417 g/mol. The topological polar surface area (TPSA) is 69.8 Å². The Bertz CT molecular complexity index is 1270. The van der Waals surface area contributed by atoms with Gasteiger partial charge in [0.25, 0.3) is 0 Å². The molecule has 5 rings (SSSR count). The number of aromatic nitrogens is 4. The second-order valence-electron chi connectivity index (χ2n) is 7.54. The van der Waals surface area contributed by atoms with E-state index in [4.69, 9.17) is 0 Å². The Labute approximate surface area is 177 Å². The monoisotopic (exact) mass is 416 g/mol. The van der Waals surface area contributed by atoms with Gasteiger partial charge in [-0.15, -0.1) is 10.2 Å². The van der Waals surface area contributed by atoms with Gasteiger partial charge in [-0.3, -0.25) is 9.59 Å². The molecule has 0 bridgehead atoms. The number of rotatable bonds is 5. The van der Waals surface area contributed by atoms with Crippen LogP contribution in [-0.4, -0.2) is 19.3 Å². The molecule has 30 heavy (non-hydrogen) atoms. The van der Waals surface area contributed by atoms with E-state index in [1.807, 2.05) is 48.5 Å². The smallest absolute Gasteiger partial charge is 0.306 e. The number of hydrogen-bond donors (Lipinski definition) is 0. The van der Waals surface area contributed by atoms with Crippen LogP contribution in [0.15, 0.2) is 82.6 Å². The molecule has 1 aliphatic rings. The minimum atomic E-state index is -0.517.